The van der Waals surface area contributed by atoms with Crippen molar-refractivity contribution in [1.29, 1.82) is 0 Å². The van der Waals surface area contributed by atoms with E-state index >= 15 is 0 Å². The molecule has 1 saturated carbocycles. The van der Waals surface area contributed by atoms with Gasteiger partial charge in [-0.2, -0.15) is 0 Å². The van der Waals surface area contributed by atoms with Crippen molar-refractivity contribution in [1.82, 2.24) is 0 Å². The summed E-state index contributed by atoms with van der Waals surface area (Å²) in [6, 6.07) is 17.6. The molecule has 3 rings (SSSR count). The zero-order valence-electron chi connectivity index (χ0n) is 15.8. The van der Waals surface area contributed by atoms with Gasteiger partial charge in [-0.05, 0) is 59.9 Å². The quantitative estimate of drug-likeness (QED) is 0.445. The highest BCUT2D eigenvalue weighted by molar-refractivity contribution is 5.43. The zero-order chi connectivity index (χ0) is 17.5. The monoisotopic (exact) mass is 335 g/mol. The maximum Gasteiger partial charge on any atom is 0.0314 e. The molecule has 1 fully saturated rings. The number of nitrogens with two attached hydrogens (primary N) is 1. The van der Waals surface area contributed by atoms with E-state index in [2.05, 4.69) is 43.3 Å². The molecule has 2 aromatic rings. The molecular weight excluding hydrogens is 302 g/mol. The third-order valence-corrected chi connectivity index (χ3v) is 6.03. The van der Waals surface area contributed by atoms with Gasteiger partial charge < -0.3 is 5.73 Å². The molecule has 0 aromatic heterocycles. The minimum Gasteiger partial charge on any atom is -0.399 e. The van der Waals surface area contributed by atoms with Crippen LogP contribution in [0.5, 0.6) is 0 Å². The van der Waals surface area contributed by atoms with Crippen LogP contribution in [0.2, 0.25) is 0 Å². The van der Waals surface area contributed by atoms with Gasteiger partial charge >= 0.3 is 0 Å². The predicted molar refractivity (Wildman–Crippen MR) is 109 cm³/mol. The summed E-state index contributed by atoms with van der Waals surface area (Å²) >= 11 is 0. The van der Waals surface area contributed by atoms with Gasteiger partial charge in [0.2, 0.25) is 0 Å². The molecule has 2 N–H and O–H groups in total. The van der Waals surface area contributed by atoms with Crippen LogP contribution >= 0.6 is 0 Å². The SMILES string of the molecule is CCCCCC1(c2ccccc2Cc2ccc(N)cc2)CCCCC1. The lowest BCUT2D eigenvalue weighted by molar-refractivity contribution is 0.264. The van der Waals surface area contributed by atoms with Gasteiger partial charge in [0, 0.05) is 5.69 Å². The number of hydrogen-bond donors (Lipinski definition) is 1. The normalized spacial score (nSPS) is 16.7. The number of rotatable bonds is 7. The first kappa shape index (κ1) is 18.0. The fourth-order valence-corrected chi connectivity index (χ4v) is 4.64. The van der Waals surface area contributed by atoms with E-state index in [0.29, 0.717) is 5.41 Å². The highest BCUT2D eigenvalue weighted by Gasteiger charge is 2.34. The topological polar surface area (TPSA) is 26.0 Å². The summed E-state index contributed by atoms with van der Waals surface area (Å²) in [7, 11) is 0. The molecule has 1 heteroatoms. The molecule has 0 spiro atoms. The number of nitrogen functional groups attached to an aromatic ring is 1. The van der Waals surface area contributed by atoms with Crippen molar-refractivity contribution < 1.29 is 0 Å². The summed E-state index contributed by atoms with van der Waals surface area (Å²) in [5, 5.41) is 0. The molecular formula is C24H33N. The maximum absolute atomic E-state index is 5.86. The van der Waals surface area contributed by atoms with Crippen LogP contribution in [0.25, 0.3) is 0 Å². The summed E-state index contributed by atoms with van der Waals surface area (Å²) in [4.78, 5) is 0. The standard InChI is InChI=1S/C24H33N/c1-2-3-7-16-24(17-8-4-9-18-24)23-11-6-5-10-21(23)19-20-12-14-22(25)15-13-20/h5-6,10-15H,2-4,7-9,16-19,25H2,1H3. The van der Waals surface area contributed by atoms with Crippen LogP contribution in [0.3, 0.4) is 0 Å². The van der Waals surface area contributed by atoms with E-state index in [1.54, 1.807) is 5.56 Å². The molecule has 0 aliphatic heterocycles. The Labute approximate surface area is 153 Å². The highest BCUT2D eigenvalue weighted by atomic mass is 14.5. The first-order chi connectivity index (χ1) is 12.2. The second-order valence-electron chi connectivity index (χ2n) is 7.87. The van der Waals surface area contributed by atoms with Gasteiger partial charge in [0.25, 0.3) is 0 Å². The fraction of sp³-hybridized carbons (Fsp3) is 0.500. The lowest BCUT2D eigenvalue weighted by atomic mass is 9.65. The van der Waals surface area contributed by atoms with Crippen molar-refractivity contribution in [2.75, 3.05) is 5.73 Å². The van der Waals surface area contributed by atoms with Gasteiger partial charge in [-0.15, -0.1) is 0 Å². The maximum atomic E-state index is 5.86. The average Bonchev–Trinajstić information content (AvgIpc) is 2.65. The van der Waals surface area contributed by atoms with Gasteiger partial charge in [-0.25, -0.2) is 0 Å². The van der Waals surface area contributed by atoms with Crippen molar-refractivity contribution in [2.24, 2.45) is 0 Å². The molecule has 25 heavy (non-hydrogen) atoms. The Balaban J connectivity index is 1.89. The average molecular weight is 336 g/mol. The van der Waals surface area contributed by atoms with Crippen LogP contribution in [-0.4, -0.2) is 0 Å². The van der Waals surface area contributed by atoms with E-state index in [9.17, 15) is 0 Å². The molecule has 0 atom stereocenters. The van der Waals surface area contributed by atoms with E-state index in [1.165, 1.54) is 68.9 Å². The molecule has 0 unspecified atom stereocenters. The Morgan fingerprint density at radius 1 is 0.880 bits per heavy atom. The molecule has 1 aliphatic rings. The minimum absolute atomic E-state index is 0.415. The van der Waals surface area contributed by atoms with E-state index in [-0.39, 0.29) is 0 Å². The highest BCUT2D eigenvalue weighted by Crippen LogP contribution is 2.45. The summed E-state index contributed by atoms with van der Waals surface area (Å²) in [5.74, 6) is 0. The second-order valence-corrected chi connectivity index (χ2v) is 7.87. The molecule has 1 aliphatic carbocycles. The summed E-state index contributed by atoms with van der Waals surface area (Å²) < 4.78 is 0. The Hall–Kier alpha value is -1.76. The van der Waals surface area contributed by atoms with Crippen LogP contribution in [0.15, 0.2) is 48.5 Å². The Bertz CT molecular complexity index is 650. The Morgan fingerprint density at radius 2 is 1.60 bits per heavy atom. The third kappa shape index (κ3) is 4.45. The van der Waals surface area contributed by atoms with Crippen LogP contribution in [0.4, 0.5) is 5.69 Å². The predicted octanol–water partition coefficient (Wildman–Crippen LogP) is 6.64. The van der Waals surface area contributed by atoms with Gasteiger partial charge in [0.1, 0.15) is 0 Å². The second kappa shape index (κ2) is 8.56. The van der Waals surface area contributed by atoms with E-state index in [1.807, 2.05) is 12.1 Å². The molecule has 1 nitrogen and oxygen atoms in total. The van der Waals surface area contributed by atoms with Crippen LogP contribution < -0.4 is 5.73 Å². The van der Waals surface area contributed by atoms with Crippen molar-refractivity contribution in [3.63, 3.8) is 0 Å². The zero-order valence-corrected chi connectivity index (χ0v) is 15.8. The smallest absolute Gasteiger partial charge is 0.0314 e. The van der Waals surface area contributed by atoms with Crippen LogP contribution in [0.1, 0.15) is 81.4 Å². The van der Waals surface area contributed by atoms with E-state index in [4.69, 9.17) is 5.73 Å². The van der Waals surface area contributed by atoms with Crippen molar-refractivity contribution in [2.45, 2.75) is 76.5 Å². The van der Waals surface area contributed by atoms with Crippen LogP contribution in [0, 0.1) is 0 Å². The van der Waals surface area contributed by atoms with Gasteiger partial charge in [-0.3, -0.25) is 0 Å². The number of unbranched alkanes of at least 4 members (excludes halogenated alkanes) is 2. The summed E-state index contributed by atoms with van der Waals surface area (Å²) in [5.41, 5.74) is 11.6. The van der Waals surface area contributed by atoms with Crippen molar-refractivity contribution >= 4 is 5.69 Å². The van der Waals surface area contributed by atoms with Crippen molar-refractivity contribution in [3.8, 4) is 0 Å². The molecule has 0 radical (unpaired) electrons. The first-order valence-corrected chi connectivity index (χ1v) is 10.2. The number of benzene rings is 2. The lowest BCUT2D eigenvalue weighted by Gasteiger charge is -2.39. The van der Waals surface area contributed by atoms with Gasteiger partial charge in [-0.1, -0.05) is 81.8 Å². The number of anilines is 1. The Morgan fingerprint density at radius 3 is 2.32 bits per heavy atom. The summed E-state index contributed by atoms with van der Waals surface area (Å²) in [6.07, 6.45) is 13.4. The van der Waals surface area contributed by atoms with E-state index < -0.39 is 0 Å². The fourth-order valence-electron chi connectivity index (χ4n) is 4.64. The lowest BCUT2D eigenvalue weighted by Crippen LogP contribution is -2.30. The number of hydrogen-bond acceptors (Lipinski definition) is 1. The summed E-state index contributed by atoms with van der Waals surface area (Å²) in [6.45, 7) is 2.31. The molecule has 0 saturated heterocycles. The molecule has 2 aromatic carbocycles. The van der Waals surface area contributed by atoms with Gasteiger partial charge in [0.05, 0.1) is 0 Å². The minimum atomic E-state index is 0.415. The molecule has 134 valence electrons. The molecule has 0 heterocycles. The van der Waals surface area contributed by atoms with E-state index in [0.717, 1.165) is 12.1 Å². The van der Waals surface area contributed by atoms with Gasteiger partial charge in [0.15, 0.2) is 0 Å². The Kier molecular flexibility index (Phi) is 6.18. The molecule has 0 amide bonds. The van der Waals surface area contributed by atoms with Crippen molar-refractivity contribution in [3.05, 3.63) is 65.2 Å². The molecule has 0 bridgehead atoms. The first-order valence-electron chi connectivity index (χ1n) is 10.2. The van der Waals surface area contributed by atoms with Crippen LogP contribution in [-0.2, 0) is 11.8 Å². The largest absolute Gasteiger partial charge is 0.399 e. The third-order valence-electron chi connectivity index (χ3n) is 6.03.